The van der Waals surface area contributed by atoms with E-state index in [9.17, 15) is 27.6 Å². The maximum absolute atomic E-state index is 15.5. The minimum atomic E-state index is -5.45. The number of carbonyl (C=O) groups is 3. The average Bonchev–Trinajstić information content (AvgIpc) is 3.19. The minimum absolute atomic E-state index is 0.0228. The number of halogens is 5. The van der Waals surface area contributed by atoms with Crippen LogP contribution in [0.4, 0.5) is 44.2 Å². The van der Waals surface area contributed by atoms with Gasteiger partial charge in [-0.15, -0.1) is 0 Å². The maximum atomic E-state index is 15.5. The van der Waals surface area contributed by atoms with E-state index in [-0.39, 0.29) is 46.7 Å². The first-order valence-electron chi connectivity index (χ1n) is 18.5. The molecule has 3 amide bonds. The number of para-hydroxylation sites is 1. The number of carbonyl (C=O) groups excluding carboxylic acids is 3. The zero-order valence-corrected chi connectivity index (χ0v) is 31.6. The van der Waals surface area contributed by atoms with E-state index in [0.717, 1.165) is 29.3 Å². The molecule has 1 saturated heterocycles. The van der Waals surface area contributed by atoms with Crippen LogP contribution in [0, 0.1) is 18.6 Å². The summed E-state index contributed by atoms with van der Waals surface area (Å²) in [6.45, 7) is 6.06. The average molecular weight is 800 g/mol. The van der Waals surface area contributed by atoms with Crippen molar-refractivity contribution in [1.82, 2.24) is 25.5 Å². The van der Waals surface area contributed by atoms with Crippen LogP contribution >= 0.6 is 0 Å². The number of esters is 1. The minimum Gasteiger partial charge on any atom is -0.418 e. The molecule has 2 aliphatic heterocycles. The number of hydrogen-bond donors (Lipinski definition) is 2. The van der Waals surface area contributed by atoms with Crippen LogP contribution in [-0.4, -0.2) is 71.2 Å². The molecule has 58 heavy (non-hydrogen) atoms. The fourth-order valence-corrected chi connectivity index (χ4v) is 7.22. The molecule has 1 fully saturated rings. The van der Waals surface area contributed by atoms with E-state index in [1.54, 1.807) is 18.7 Å². The first kappa shape index (κ1) is 39.8. The highest BCUT2D eigenvalue weighted by molar-refractivity contribution is 6.04. The molecule has 11 nitrogen and oxygen atoms in total. The third-order valence-corrected chi connectivity index (χ3v) is 9.85. The first-order valence-corrected chi connectivity index (χ1v) is 18.5. The summed E-state index contributed by atoms with van der Waals surface area (Å²) < 4.78 is 77.4. The van der Waals surface area contributed by atoms with E-state index in [2.05, 4.69) is 15.5 Å². The number of amides is 3. The molecule has 0 bridgehead atoms. The molecule has 0 spiro atoms. The number of hydrogen-bond acceptors (Lipinski definition) is 8. The fourth-order valence-electron chi connectivity index (χ4n) is 7.22. The number of nitrogens with zero attached hydrogens (tertiary/aromatic N) is 5. The van der Waals surface area contributed by atoms with Crippen LogP contribution in [0.2, 0.25) is 0 Å². The van der Waals surface area contributed by atoms with Gasteiger partial charge in [0.1, 0.15) is 17.3 Å². The van der Waals surface area contributed by atoms with E-state index in [4.69, 9.17) is 14.7 Å². The lowest BCUT2D eigenvalue weighted by molar-refractivity contribution is -0.189. The van der Waals surface area contributed by atoms with Crippen LogP contribution in [0.5, 0.6) is 5.75 Å². The summed E-state index contributed by atoms with van der Waals surface area (Å²) in [5.74, 6) is -6.63. The second kappa shape index (κ2) is 16.2. The normalized spacial score (nSPS) is 14.7. The molecule has 2 aliphatic rings. The molecule has 0 aliphatic carbocycles. The van der Waals surface area contributed by atoms with Crippen molar-refractivity contribution in [2.45, 2.75) is 45.6 Å². The predicted octanol–water partition coefficient (Wildman–Crippen LogP) is 7.61. The summed E-state index contributed by atoms with van der Waals surface area (Å²) in [6.07, 6.45) is -5.45. The van der Waals surface area contributed by atoms with Gasteiger partial charge in [-0.25, -0.2) is 28.3 Å². The molecule has 4 aromatic carbocycles. The maximum Gasteiger partial charge on any atom is 0.491 e. The summed E-state index contributed by atoms with van der Waals surface area (Å²) in [6, 6.07) is 24.2. The summed E-state index contributed by atoms with van der Waals surface area (Å²) in [7, 11) is 0. The number of anilines is 3. The van der Waals surface area contributed by atoms with E-state index in [0.29, 0.717) is 31.1 Å². The van der Waals surface area contributed by atoms with Gasteiger partial charge in [0.25, 0.3) is 5.91 Å². The fraction of sp³-hybridized carbons (Fsp3) is 0.262. The van der Waals surface area contributed by atoms with Crippen LogP contribution in [-0.2, 0) is 11.3 Å². The Kier molecular flexibility index (Phi) is 11.1. The SMILES string of the molecule is Cc1ccc(C(=O)NC(C)C)c(OC(=O)C(F)(F)F)c1-c1nc(N2CCN(C(c3ccccc3)c3ccccc3)CC2)nc2c1CNC(=O)N2c1c(F)cccc1F. The number of piperazine rings is 1. The van der Waals surface area contributed by atoms with Gasteiger partial charge in [-0.3, -0.25) is 9.69 Å². The number of ether oxygens (including phenoxy) is 1. The van der Waals surface area contributed by atoms with Gasteiger partial charge in [0, 0.05) is 43.3 Å². The Bertz CT molecular complexity index is 2290. The third kappa shape index (κ3) is 7.92. The summed E-state index contributed by atoms with van der Waals surface area (Å²) in [4.78, 5) is 53.9. The molecule has 7 rings (SSSR count). The van der Waals surface area contributed by atoms with Crippen molar-refractivity contribution in [3.8, 4) is 17.0 Å². The van der Waals surface area contributed by atoms with Crippen molar-refractivity contribution in [3.05, 3.63) is 130 Å². The van der Waals surface area contributed by atoms with Crippen molar-refractivity contribution < 1.29 is 41.1 Å². The smallest absolute Gasteiger partial charge is 0.418 e. The number of aromatic nitrogens is 2. The van der Waals surface area contributed by atoms with Gasteiger partial charge in [-0.1, -0.05) is 72.8 Å². The van der Waals surface area contributed by atoms with Gasteiger partial charge in [0.05, 0.1) is 23.8 Å². The Morgan fingerprint density at radius 1 is 0.828 bits per heavy atom. The number of urea groups is 1. The molecular formula is C42H38F5N7O4. The molecule has 0 unspecified atom stereocenters. The lowest BCUT2D eigenvalue weighted by atomic mass is 9.95. The molecule has 5 aromatic rings. The molecule has 0 radical (unpaired) electrons. The quantitative estimate of drug-likeness (QED) is 0.0889. The van der Waals surface area contributed by atoms with Crippen LogP contribution < -0.4 is 25.2 Å². The lowest BCUT2D eigenvalue weighted by Gasteiger charge is -2.40. The second-order valence-corrected chi connectivity index (χ2v) is 14.1. The zero-order valence-electron chi connectivity index (χ0n) is 31.6. The van der Waals surface area contributed by atoms with Gasteiger partial charge in [0.2, 0.25) is 5.95 Å². The number of fused-ring (bicyclic) bond motifs is 1. The molecule has 16 heteroatoms. The Hall–Kier alpha value is -6.42. The topological polar surface area (TPSA) is 120 Å². The number of nitrogens with one attached hydrogen (secondary N) is 2. The van der Waals surface area contributed by atoms with Crippen LogP contribution in [0.3, 0.4) is 0 Å². The van der Waals surface area contributed by atoms with E-state index < -0.39 is 58.8 Å². The highest BCUT2D eigenvalue weighted by atomic mass is 19.4. The van der Waals surface area contributed by atoms with Crippen LogP contribution in [0.15, 0.2) is 91.0 Å². The van der Waals surface area contributed by atoms with Crippen molar-refractivity contribution in [2.24, 2.45) is 0 Å². The van der Waals surface area contributed by atoms with Gasteiger partial charge in [0.15, 0.2) is 11.6 Å². The standard InChI is InChI=1S/C42H38F5N7O4/c1-24(2)49-38(55)28-18-17-25(3)32(36(28)58-39(56)42(45,46)47)33-29-23-48-41(57)54(35-30(43)15-10-16-31(35)44)37(29)51-40(50-33)53-21-19-52(20-22-53)34(26-11-6-4-7-12-26)27-13-8-5-9-14-27/h4-18,24,34H,19-23H2,1-3H3,(H,48,57)(H,49,55). The largest absolute Gasteiger partial charge is 0.491 e. The Morgan fingerprint density at radius 3 is 2.00 bits per heavy atom. The lowest BCUT2D eigenvalue weighted by Crippen LogP contribution is -2.49. The number of rotatable bonds is 9. The summed E-state index contributed by atoms with van der Waals surface area (Å²) in [5, 5.41) is 5.17. The Morgan fingerprint density at radius 2 is 1.43 bits per heavy atom. The number of alkyl halides is 3. The highest BCUT2D eigenvalue weighted by Gasteiger charge is 2.43. The van der Waals surface area contributed by atoms with E-state index in [1.165, 1.54) is 19.1 Å². The van der Waals surface area contributed by atoms with Crippen molar-refractivity contribution in [3.63, 3.8) is 0 Å². The third-order valence-electron chi connectivity index (χ3n) is 9.85. The molecule has 0 atom stereocenters. The number of benzene rings is 4. The molecule has 1 aromatic heterocycles. The van der Waals surface area contributed by atoms with Gasteiger partial charge >= 0.3 is 18.2 Å². The van der Waals surface area contributed by atoms with Gasteiger partial charge in [-0.05, 0) is 55.7 Å². The van der Waals surface area contributed by atoms with Crippen LogP contribution in [0.25, 0.3) is 11.3 Å². The van der Waals surface area contributed by atoms with E-state index in [1.807, 2.05) is 60.7 Å². The van der Waals surface area contributed by atoms with Crippen molar-refractivity contribution in [2.75, 3.05) is 36.0 Å². The van der Waals surface area contributed by atoms with Crippen molar-refractivity contribution in [1.29, 1.82) is 0 Å². The Balaban J connectivity index is 1.40. The first-order chi connectivity index (χ1) is 27.7. The Labute approximate surface area is 330 Å². The number of aryl methyl sites for hydroxylation is 1. The predicted molar refractivity (Wildman–Crippen MR) is 206 cm³/mol. The van der Waals surface area contributed by atoms with Crippen molar-refractivity contribution >= 4 is 35.4 Å². The highest BCUT2D eigenvalue weighted by Crippen LogP contribution is 2.44. The molecule has 300 valence electrons. The van der Waals surface area contributed by atoms with Crippen LogP contribution in [0.1, 0.15) is 52.5 Å². The van der Waals surface area contributed by atoms with Gasteiger partial charge in [-0.2, -0.15) is 18.2 Å². The monoisotopic (exact) mass is 799 g/mol. The summed E-state index contributed by atoms with van der Waals surface area (Å²) in [5.41, 5.74) is 0.938. The second-order valence-electron chi connectivity index (χ2n) is 14.1. The van der Waals surface area contributed by atoms with E-state index >= 15 is 8.78 Å². The molecular weight excluding hydrogens is 761 g/mol. The van der Waals surface area contributed by atoms with Gasteiger partial charge < -0.3 is 20.3 Å². The molecule has 3 heterocycles. The molecule has 2 N–H and O–H groups in total. The zero-order chi connectivity index (χ0) is 41.3. The summed E-state index contributed by atoms with van der Waals surface area (Å²) >= 11 is 0. The molecule has 0 saturated carbocycles.